The highest BCUT2D eigenvalue weighted by atomic mass is 35.5. The molecule has 4 nitrogen and oxygen atoms in total. The molecule has 1 amide bonds. The maximum Gasteiger partial charge on any atom is 0.224 e. The Hall–Kier alpha value is -2.64. The average Bonchev–Trinajstić information content (AvgIpc) is 2.60. The Labute approximate surface area is 158 Å². The highest BCUT2D eigenvalue weighted by molar-refractivity contribution is 6.31. The number of halogens is 1. The van der Waals surface area contributed by atoms with Crippen LogP contribution in [0.15, 0.2) is 42.5 Å². The van der Waals surface area contributed by atoms with Gasteiger partial charge in [-0.25, -0.2) is 0 Å². The van der Waals surface area contributed by atoms with Gasteiger partial charge in [-0.3, -0.25) is 9.59 Å². The van der Waals surface area contributed by atoms with Gasteiger partial charge in [0.25, 0.3) is 0 Å². The number of rotatable bonds is 7. The van der Waals surface area contributed by atoms with Crippen LogP contribution in [-0.4, -0.2) is 11.7 Å². The molecule has 2 aromatic rings. The zero-order valence-electron chi connectivity index (χ0n) is 14.9. The number of ketones is 1. The normalized spacial score (nSPS) is 11.5. The van der Waals surface area contributed by atoms with Crippen molar-refractivity contribution in [2.75, 3.05) is 5.32 Å². The van der Waals surface area contributed by atoms with Gasteiger partial charge in [0.05, 0.1) is 6.07 Å². The SMILES string of the molecule is Cc1ccc(NC(=O)CCCC(=O)[C@@H](C#N)c2ccccc2Cl)cc1C. The number of amides is 1. The van der Waals surface area contributed by atoms with Crippen LogP contribution in [-0.2, 0) is 9.59 Å². The number of benzene rings is 2. The van der Waals surface area contributed by atoms with E-state index >= 15 is 0 Å². The number of aryl methyl sites for hydroxylation is 2. The number of carbonyl (C=O) groups is 2. The van der Waals surface area contributed by atoms with E-state index in [-0.39, 0.29) is 24.5 Å². The van der Waals surface area contributed by atoms with Gasteiger partial charge in [-0.1, -0.05) is 35.9 Å². The molecule has 0 unspecified atom stereocenters. The zero-order chi connectivity index (χ0) is 19.1. The molecule has 0 aliphatic heterocycles. The monoisotopic (exact) mass is 368 g/mol. The van der Waals surface area contributed by atoms with Gasteiger partial charge in [-0.15, -0.1) is 0 Å². The number of hydrogen-bond donors (Lipinski definition) is 1. The topological polar surface area (TPSA) is 70.0 Å². The Morgan fingerprint density at radius 2 is 1.85 bits per heavy atom. The first-order valence-corrected chi connectivity index (χ1v) is 8.84. The molecule has 1 N–H and O–H groups in total. The molecule has 0 aromatic heterocycles. The van der Waals surface area contributed by atoms with Gasteiger partial charge in [-0.05, 0) is 55.2 Å². The van der Waals surface area contributed by atoms with Crippen LogP contribution >= 0.6 is 11.6 Å². The van der Waals surface area contributed by atoms with Crippen molar-refractivity contribution in [1.82, 2.24) is 0 Å². The first-order chi connectivity index (χ1) is 12.4. The Morgan fingerprint density at radius 1 is 1.12 bits per heavy atom. The Balaban J connectivity index is 1.87. The Kier molecular flexibility index (Phi) is 6.94. The molecule has 0 saturated carbocycles. The summed E-state index contributed by atoms with van der Waals surface area (Å²) in [4.78, 5) is 24.4. The maximum atomic E-state index is 12.3. The second kappa shape index (κ2) is 9.17. The predicted molar refractivity (Wildman–Crippen MR) is 103 cm³/mol. The van der Waals surface area contributed by atoms with E-state index in [0.717, 1.165) is 16.8 Å². The summed E-state index contributed by atoms with van der Waals surface area (Å²) in [7, 11) is 0. The van der Waals surface area contributed by atoms with Crippen LogP contribution in [0.2, 0.25) is 5.02 Å². The van der Waals surface area contributed by atoms with Gasteiger partial charge in [0.2, 0.25) is 5.91 Å². The summed E-state index contributed by atoms with van der Waals surface area (Å²) < 4.78 is 0. The number of nitrogens with zero attached hydrogens (tertiary/aromatic N) is 1. The van der Waals surface area contributed by atoms with Crippen molar-refractivity contribution >= 4 is 29.0 Å². The van der Waals surface area contributed by atoms with Gasteiger partial charge in [0, 0.05) is 23.6 Å². The van der Waals surface area contributed by atoms with Gasteiger partial charge >= 0.3 is 0 Å². The summed E-state index contributed by atoms with van der Waals surface area (Å²) in [5.41, 5.74) is 3.53. The van der Waals surface area contributed by atoms with E-state index in [2.05, 4.69) is 5.32 Å². The van der Waals surface area contributed by atoms with Crippen LogP contribution in [0.25, 0.3) is 0 Å². The minimum absolute atomic E-state index is 0.146. The van der Waals surface area contributed by atoms with Crippen molar-refractivity contribution < 1.29 is 9.59 Å². The van der Waals surface area contributed by atoms with E-state index in [4.69, 9.17) is 11.6 Å². The largest absolute Gasteiger partial charge is 0.326 e. The number of nitriles is 1. The van der Waals surface area contributed by atoms with E-state index in [0.29, 0.717) is 17.0 Å². The van der Waals surface area contributed by atoms with E-state index in [1.807, 2.05) is 38.1 Å². The van der Waals surface area contributed by atoms with Crippen molar-refractivity contribution in [3.63, 3.8) is 0 Å². The summed E-state index contributed by atoms with van der Waals surface area (Å²) in [6.45, 7) is 4.00. The fourth-order valence-electron chi connectivity index (χ4n) is 2.63. The molecule has 2 aromatic carbocycles. The van der Waals surface area contributed by atoms with Gasteiger partial charge < -0.3 is 5.32 Å². The molecular weight excluding hydrogens is 348 g/mol. The van der Waals surface area contributed by atoms with Crippen molar-refractivity contribution in [2.24, 2.45) is 0 Å². The summed E-state index contributed by atoms with van der Waals surface area (Å²) >= 11 is 6.07. The third-order valence-corrected chi connectivity index (χ3v) is 4.63. The summed E-state index contributed by atoms with van der Waals surface area (Å²) in [6.07, 6.45) is 0.765. The molecule has 134 valence electrons. The molecule has 2 rings (SSSR count). The molecule has 1 atom stereocenters. The minimum Gasteiger partial charge on any atom is -0.326 e. The summed E-state index contributed by atoms with van der Waals surface area (Å²) in [5, 5.41) is 12.6. The minimum atomic E-state index is -0.897. The van der Waals surface area contributed by atoms with E-state index in [1.54, 1.807) is 24.3 Å². The second-order valence-electron chi connectivity index (χ2n) is 6.25. The lowest BCUT2D eigenvalue weighted by Gasteiger charge is -2.10. The number of Topliss-reactive ketones (excluding diaryl/α,β-unsaturated/α-hetero) is 1. The zero-order valence-corrected chi connectivity index (χ0v) is 15.6. The first kappa shape index (κ1) is 19.7. The molecule has 0 saturated heterocycles. The highest BCUT2D eigenvalue weighted by Crippen LogP contribution is 2.26. The quantitative estimate of drug-likeness (QED) is 0.752. The predicted octanol–water partition coefficient (Wildman–Crippen LogP) is 4.94. The first-order valence-electron chi connectivity index (χ1n) is 8.46. The number of hydrogen-bond acceptors (Lipinski definition) is 3. The van der Waals surface area contributed by atoms with Gasteiger partial charge in [-0.2, -0.15) is 5.26 Å². The summed E-state index contributed by atoms with van der Waals surface area (Å²) in [5.74, 6) is -1.27. The highest BCUT2D eigenvalue weighted by Gasteiger charge is 2.22. The van der Waals surface area contributed by atoms with Crippen molar-refractivity contribution in [3.8, 4) is 6.07 Å². The van der Waals surface area contributed by atoms with Crippen molar-refractivity contribution in [1.29, 1.82) is 5.26 Å². The molecule has 0 aliphatic carbocycles. The maximum absolute atomic E-state index is 12.3. The Bertz CT molecular complexity index is 855. The smallest absolute Gasteiger partial charge is 0.224 e. The van der Waals surface area contributed by atoms with Crippen molar-refractivity contribution in [2.45, 2.75) is 39.0 Å². The molecule has 5 heteroatoms. The molecule has 0 fully saturated rings. The standard InChI is InChI=1S/C21H21ClN2O2/c1-14-10-11-16(12-15(14)2)24-21(26)9-5-8-20(25)18(13-23)17-6-3-4-7-19(17)22/h3-4,6-7,10-12,18H,5,8-9H2,1-2H3,(H,24,26)/t18-/m0/s1. The number of carbonyl (C=O) groups excluding carboxylic acids is 2. The fraction of sp³-hybridized carbons (Fsp3) is 0.286. The molecular formula is C21H21ClN2O2. The molecule has 0 bridgehead atoms. The van der Waals surface area contributed by atoms with Gasteiger partial charge in [0.1, 0.15) is 5.92 Å². The van der Waals surface area contributed by atoms with Crippen molar-refractivity contribution in [3.05, 3.63) is 64.2 Å². The molecule has 26 heavy (non-hydrogen) atoms. The van der Waals surface area contributed by atoms with Crippen LogP contribution < -0.4 is 5.32 Å². The lowest BCUT2D eigenvalue weighted by molar-refractivity contribution is -0.119. The van der Waals surface area contributed by atoms with Crippen LogP contribution in [0.4, 0.5) is 5.69 Å². The molecule has 0 heterocycles. The average molecular weight is 369 g/mol. The number of anilines is 1. The number of nitrogens with one attached hydrogen (secondary N) is 1. The van der Waals surface area contributed by atoms with Crippen LogP contribution in [0.5, 0.6) is 0 Å². The second-order valence-corrected chi connectivity index (χ2v) is 6.66. The Morgan fingerprint density at radius 3 is 2.50 bits per heavy atom. The third kappa shape index (κ3) is 5.18. The van der Waals surface area contributed by atoms with Crippen LogP contribution in [0.3, 0.4) is 0 Å². The van der Waals surface area contributed by atoms with E-state index < -0.39 is 5.92 Å². The van der Waals surface area contributed by atoms with E-state index in [1.165, 1.54) is 0 Å². The lowest BCUT2D eigenvalue weighted by atomic mass is 9.93. The summed E-state index contributed by atoms with van der Waals surface area (Å²) in [6, 6.07) is 14.6. The van der Waals surface area contributed by atoms with E-state index in [9.17, 15) is 14.9 Å². The molecule has 0 spiro atoms. The van der Waals surface area contributed by atoms with Gasteiger partial charge in [0.15, 0.2) is 5.78 Å². The molecule has 0 radical (unpaired) electrons. The fourth-order valence-corrected chi connectivity index (χ4v) is 2.88. The van der Waals surface area contributed by atoms with Crippen LogP contribution in [0.1, 0.15) is 41.9 Å². The van der Waals surface area contributed by atoms with Crippen LogP contribution in [0, 0.1) is 25.2 Å². The molecule has 0 aliphatic rings. The lowest BCUT2D eigenvalue weighted by Crippen LogP contribution is -2.14. The third-order valence-electron chi connectivity index (χ3n) is 4.28.